The van der Waals surface area contributed by atoms with Crippen LogP contribution in [0.15, 0.2) is 97.1 Å². The van der Waals surface area contributed by atoms with E-state index < -0.39 is 20.3 Å². The van der Waals surface area contributed by atoms with Gasteiger partial charge in [0.2, 0.25) is 0 Å². The van der Waals surface area contributed by atoms with Gasteiger partial charge in [-0.05, 0) is 47.2 Å². The maximum Gasteiger partial charge on any atom is 0.172 e. The van der Waals surface area contributed by atoms with Gasteiger partial charge in [-0.3, -0.25) is 0 Å². The first-order valence-corrected chi connectivity index (χ1v) is 12.5. The Balaban J connectivity index is 2.03. The summed E-state index contributed by atoms with van der Waals surface area (Å²) in [5.74, 6) is 0. The number of sulfone groups is 1. The van der Waals surface area contributed by atoms with Crippen molar-refractivity contribution in [2.75, 3.05) is 11.5 Å². The number of hydrogen-bond acceptors (Lipinski definition) is 4. The predicted molar refractivity (Wildman–Crippen MR) is 137 cm³/mol. The van der Waals surface area contributed by atoms with Gasteiger partial charge in [0.05, 0.1) is 0 Å². The van der Waals surface area contributed by atoms with Crippen molar-refractivity contribution in [3.8, 4) is 0 Å². The van der Waals surface area contributed by atoms with Crippen LogP contribution in [0.25, 0.3) is 0 Å². The van der Waals surface area contributed by atoms with Gasteiger partial charge in [-0.1, -0.05) is 97.1 Å². The fourth-order valence-corrected chi connectivity index (χ4v) is 6.81. The van der Waals surface area contributed by atoms with Gasteiger partial charge in [-0.25, -0.2) is 8.42 Å². The summed E-state index contributed by atoms with van der Waals surface area (Å²) in [7, 11) is -3.91. The maximum atomic E-state index is 14.6. The average Bonchev–Trinajstić information content (AvgIpc) is 2.81. The van der Waals surface area contributed by atoms with Crippen molar-refractivity contribution in [3.63, 3.8) is 0 Å². The Morgan fingerprint density at radius 2 is 0.909 bits per heavy atom. The van der Waals surface area contributed by atoms with Gasteiger partial charge in [-0.15, -0.1) is 0 Å². The third kappa shape index (κ3) is 4.24. The second kappa shape index (κ2) is 9.12. The first-order valence-electron chi connectivity index (χ1n) is 10.8. The Bertz CT molecular complexity index is 1270. The highest BCUT2D eigenvalue weighted by atomic mass is 32.2. The number of anilines is 2. The molecule has 0 aromatic heterocycles. The molecule has 33 heavy (non-hydrogen) atoms. The van der Waals surface area contributed by atoms with Crippen molar-refractivity contribution in [3.05, 3.63) is 130 Å². The van der Waals surface area contributed by atoms with E-state index in [9.17, 15) is 8.42 Å². The number of rotatable bonds is 6. The molecule has 4 aromatic rings. The van der Waals surface area contributed by atoms with Crippen LogP contribution in [0.3, 0.4) is 0 Å². The fraction of sp³-hybridized carbons (Fsp3) is 0.143. The molecule has 4 rings (SSSR count). The summed E-state index contributed by atoms with van der Waals surface area (Å²) in [6.45, 7) is 3.78. The van der Waals surface area contributed by atoms with Crippen LogP contribution in [-0.4, -0.2) is 8.42 Å². The van der Waals surface area contributed by atoms with E-state index in [2.05, 4.69) is 0 Å². The number of para-hydroxylation sites is 2. The van der Waals surface area contributed by atoms with Crippen LogP contribution in [0.5, 0.6) is 0 Å². The first-order chi connectivity index (χ1) is 15.8. The Morgan fingerprint density at radius 1 is 0.545 bits per heavy atom. The van der Waals surface area contributed by atoms with Crippen LogP contribution in [0, 0.1) is 13.8 Å². The van der Waals surface area contributed by atoms with Gasteiger partial charge in [-0.2, -0.15) is 0 Å². The first kappa shape index (κ1) is 22.6. The Labute approximate surface area is 195 Å². The van der Waals surface area contributed by atoms with Crippen LogP contribution in [0.1, 0.15) is 43.9 Å². The predicted octanol–water partition coefficient (Wildman–Crippen LogP) is 5.76. The molecule has 2 unspecified atom stereocenters. The van der Waals surface area contributed by atoms with E-state index in [4.69, 9.17) is 11.5 Å². The molecule has 4 nitrogen and oxygen atoms in total. The van der Waals surface area contributed by atoms with Gasteiger partial charge in [0.15, 0.2) is 9.84 Å². The van der Waals surface area contributed by atoms with Gasteiger partial charge in [0.25, 0.3) is 0 Å². The van der Waals surface area contributed by atoms with Gasteiger partial charge in [0.1, 0.15) is 10.5 Å². The van der Waals surface area contributed by atoms with Crippen molar-refractivity contribution in [1.82, 2.24) is 0 Å². The lowest BCUT2D eigenvalue weighted by Gasteiger charge is -2.28. The van der Waals surface area contributed by atoms with E-state index in [1.54, 1.807) is 12.1 Å². The van der Waals surface area contributed by atoms with Crippen LogP contribution in [0.2, 0.25) is 0 Å². The molecule has 2 atom stereocenters. The molecule has 4 N–H and O–H groups in total. The SMILES string of the molecule is Cc1cccc(C(c2ccccc2)S(=O)(=O)C(c2ccccc2)c2cccc(C)c2N)c1N. The molecule has 0 aliphatic heterocycles. The van der Waals surface area contributed by atoms with Crippen molar-refractivity contribution in [2.24, 2.45) is 0 Å². The van der Waals surface area contributed by atoms with E-state index in [0.717, 1.165) is 11.1 Å². The maximum absolute atomic E-state index is 14.6. The van der Waals surface area contributed by atoms with E-state index in [-0.39, 0.29) is 0 Å². The molecule has 0 fully saturated rings. The molecule has 168 valence electrons. The molecule has 0 saturated carbocycles. The second-order valence-electron chi connectivity index (χ2n) is 8.33. The van der Waals surface area contributed by atoms with Crippen molar-refractivity contribution in [1.29, 1.82) is 0 Å². The summed E-state index contributed by atoms with van der Waals surface area (Å²) in [6.07, 6.45) is 0. The van der Waals surface area contributed by atoms with Gasteiger partial charge >= 0.3 is 0 Å². The molecule has 0 spiro atoms. The summed E-state index contributed by atoms with van der Waals surface area (Å²) in [5.41, 5.74) is 18.1. The molecule has 0 aliphatic carbocycles. The molecule has 4 aromatic carbocycles. The smallest absolute Gasteiger partial charge is 0.172 e. The van der Waals surface area contributed by atoms with Crippen LogP contribution >= 0.6 is 0 Å². The zero-order valence-corrected chi connectivity index (χ0v) is 19.6. The van der Waals surface area contributed by atoms with Crippen LogP contribution in [-0.2, 0) is 9.84 Å². The molecule has 0 amide bonds. The Morgan fingerprint density at radius 3 is 1.27 bits per heavy atom. The normalized spacial score (nSPS) is 13.4. The highest BCUT2D eigenvalue weighted by Gasteiger charge is 2.40. The molecule has 0 heterocycles. The summed E-state index contributed by atoms with van der Waals surface area (Å²) in [4.78, 5) is 0. The van der Waals surface area contributed by atoms with Gasteiger partial charge < -0.3 is 11.5 Å². The summed E-state index contributed by atoms with van der Waals surface area (Å²) in [5, 5.41) is -1.91. The van der Waals surface area contributed by atoms with Crippen molar-refractivity contribution in [2.45, 2.75) is 24.3 Å². The van der Waals surface area contributed by atoms with Crippen molar-refractivity contribution < 1.29 is 8.42 Å². The molecule has 0 saturated heterocycles. The number of aryl methyl sites for hydroxylation is 2. The highest BCUT2D eigenvalue weighted by Crippen LogP contribution is 2.45. The largest absolute Gasteiger partial charge is 0.398 e. The Kier molecular flexibility index (Phi) is 6.25. The zero-order chi connectivity index (χ0) is 23.6. The van der Waals surface area contributed by atoms with E-state index in [1.165, 1.54) is 0 Å². The molecule has 0 bridgehead atoms. The molecule has 0 radical (unpaired) electrons. The number of hydrogen-bond donors (Lipinski definition) is 2. The second-order valence-corrected chi connectivity index (χ2v) is 10.4. The lowest BCUT2D eigenvalue weighted by atomic mass is 9.99. The molecule has 5 heteroatoms. The lowest BCUT2D eigenvalue weighted by Crippen LogP contribution is -2.25. The summed E-state index contributed by atoms with van der Waals surface area (Å²) in [6, 6.07) is 29.6. The van der Waals surface area contributed by atoms with E-state index in [0.29, 0.717) is 33.6 Å². The zero-order valence-electron chi connectivity index (χ0n) is 18.8. The number of nitrogen functional groups attached to an aromatic ring is 2. The number of nitrogens with two attached hydrogens (primary N) is 2. The number of benzene rings is 4. The van der Waals surface area contributed by atoms with E-state index >= 15 is 0 Å². The minimum atomic E-state index is -3.91. The molecular weight excluding hydrogens is 428 g/mol. The standard InChI is InChI=1S/C28H28N2O2S/c1-19-11-9-17-23(25(19)29)27(21-13-5-3-6-14-21)33(31,32)28(22-15-7-4-8-16-22)24-18-10-12-20(2)26(24)30/h3-18,27-28H,29-30H2,1-2H3. The minimum absolute atomic E-state index is 0.485. The quantitative estimate of drug-likeness (QED) is 0.361. The average molecular weight is 457 g/mol. The van der Waals surface area contributed by atoms with E-state index in [1.807, 2.05) is 98.8 Å². The fourth-order valence-electron chi connectivity index (χ4n) is 4.35. The van der Waals surface area contributed by atoms with Crippen LogP contribution in [0.4, 0.5) is 11.4 Å². The monoisotopic (exact) mass is 456 g/mol. The summed E-state index contributed by atoms with van der Waals surface area (Å²) < 4.78 is 29.3. The molecular formula is C28H28N2O2S. The highest BCUT2D eigenvalue weighted by molar-refractivity contribution is 7.92. The third-order valence-corrected chi connectivity index (χ3v) is 8.51. The van der Waals surface area contributed by atoms with Crippen molar-refractivity contribution >= 4 is 21.2 Å². The van der Waals surface area contributed by atoms with Gasteiger partial charge in [0, 0.05) is 11.4 Å². The van der Waals surface area contributed by atoms with Crippen LogP contribution < -0.4 is 11.5 Å². The minimum Gasteiger partial charge on any atom is -0.398 e. The Hall–Kier alpha value is -3.57. The summed E-state index contributed by atoms with van der Waals surface area (Å²) >= 11 is 0. The lowest BCUT2D eigenvalue weighted by molar-refractivity contribution is 0.582. The topological polar surface area (TPSA) is 86.2 Å². The third-order valence-electron chi connectivity index (χ3n) is 6.14. The molecule has 0 aliphatic rings.